The van der Waals surface area contributed by atoms with Crippen molar-refractivity contribution in [1.82, 2.24) is 5.32 Å². The van der Waals surface area contributed by atoms with Gasteiger partial charge in [-0.05, 0) is 48.4 Å². The first-order valence-electron chi connectivity index (χ1n) is 7.14. The summed E-state index contributed by atoms with van der Waals surface area (Å²) < 4.78 is 31.8. The quantitative estimate of drug-likeness (QED) is 0.925. The van der Waals surface area contributed by atoms with Crippen LogP contribution in [0.25, 0.3) is 0 Å². The lowest BCUT2D eigenvalue weighted by Gasteiger charge is -2.17. The largest absolute Gasteiger partial charge is 0.480 e. The van der Waals surface area contributed by atoms with E-state index >= 15 is 0 Å². The van der Waals surface area contributed by atoms with Crippen LogP contribution < -0.4 is 10.1 Å². The van der Waals surface area contributed by atoms with E-state index in [1.165, 1.54) is 6.07 Å². The molecule has 2 aromatic carbocycles. The van der Waals surface area contributed by atoms with Crippen molar-refractivity contribution in [3.05, 3.63) is 64.2 Å². The Morgan fingerprint density at radius 3 is 2.78 bits per heavy atom. The molecule has 0 fully saturated rings. The third kappa shape index (κ3) is 3.29. The number of fused-ring (bicyclic) bond motifs is 1. The van der Waals surface area contributed by atoms with Gasteiger partial charge in [-0.1, -0.05) is 17.7 Å². The van der Waals surface area contributed by atoms with Crippen LogP contribution in [-0.2, 0) is 11.2 Å². The molecule has 0 unspecified atom stereocenters. The number of nitrogens with one attached hydrogen (secondary N) is 1. The van der Waals surface area contributed by atoms with Gasteiger partial charge in [0.05, 0.1) is 6.04 Å². The highest BCUT2D eigenvalue weighted by Gasteiger charge is 2.30. The summed E-state index contributed by atoms with van der Waals surface area (Å²) in [4.78, 5) is 12.3. The van der Waals surface area contributed by atoms with Gasteiger partial charge in [-0.15, -0.1) is 0 Å². The zero-order valence-corrected chi connectivity index (χ0v) is 13.0. The Morgan fingerprint density at radius 2 is 2.04 bits per heavy atom. The monoisotopic (exact) mass is 337 g/mol. The van der Waals surface area contributed by atoms with Gasteiger partial charge >= 0.3 is 0 Å². The summed E-state index contributed by atoms with van der Waals surface area (Å²) in [6.07, 6.45) is -0.233. The molecule has 1 heterocycles. The van der Waals surface area contributed by atoms with Crippen molar-refractivity contribution in [2.75, 3.05) is 0 Å². The van der Waals surface area contributed by atoms with Gasteiger partial charge in [-0.25, -0.2) is 8.78 Å². The number of rotatable bonds is 3. The molecule has 1 amide bonds. The van der Waals surface area contributed by atoms with Crippen molar-refractivity contribution in [2.24, 2.45) is 0 Å². The van der Waals surface area contributed by atoms with Crippen molar-refractivity contribution in [2.45, 2.75) is 25.5 Å². The molecule has 0 aliphatic carbocycles. The lowest BCUT2D eigenvalue weighted by molar-refractivity contribution is -0.127. The molecule has 23 heavy (non-hydrogen) atoms. The molecule has 0 saturated carbocycles. The summed E-state index contributed by atoms with van der Waals surface area (Å²) in [5.74, 6) is -1.54. The van der Waals surface area contributed by atoms with Crippen molar-refractivity contribution in [3.63, 3.8) is 0 Å². The van der Waals surface area contributed by atoms with E-state index in [1.54, 1.807) is 25.1 Å². The van der Waals surface area contributed by atoms with Gasteiger partial charge in [0.2, 0.25) is 0 Å². The van der Waals surface area contributed by atoms with E-state index in [9.17, 15) is 13.6 Å². The number of ether oxygens (including phenoxy) is 1. The molecule has 0 radical (unpaired) electrons. The molecule has 3 rings (SSSR count). The number of benzene rings is 2. The fourth-order valence-electron chi connectivity index (χ4n) is 2.53. The third-order valence-electron chi connectivity index (χ3n) is 3.79. The lowest BCUT2D eigenvalue weighted by Crippen LogP contribution is -2.38. The van der Waals surface area contributed by atoms with Crippen molar-refractivity contribution in [1.29, 1.82) is 0 Å². The zero-order chi connectivity index (χ0) is 16.6. The summed E-state index contributed by atoms with van der Waals surface area (Å²) in [6, 6.07) is 8.28. The molecule has 1 N–H and O–H groups in total. The van der Waals surface area contributed by atoms with Gasteiger partial charge in [0.25, 0.3) is 5.91 Å². The minimum absolute atomic E-state index is 0.311. The van der Waals surface area contributed by atoms with Crippen LogP contribution in [0.4, 0.5) is 8.78 Å². The van der Waals surface area contributed by atoms with Gasteiger partial charge in [-0.3, -0.25) is 4.79 Å². The molecule has 0 bridgehead atoms. The average molecular weight is 338 g/mol. The molecular formula is C17H14ClF2NO2. The summed E-state index contributed by atoms with van der Waals surface area (Å²) in [6.45, 7) is 1.70. The fraction of sp³-hybridized carbons (Fsp3) is 0.235. The maximum Gasteiger partial charge on any atom is 0.261 e. The first kappa shape index (κ1) is 15.7. The molecule has 1 aliphatic rings. The Hall–Kier alpha value is -2.14. The number of carbonyl (C=O) groups is 1. The molecule has 0 aromatic heterocycles. The lowest BCUT2D eigenvalue weighted by atomic mass is 10.1. The van der Waals surface area contributed by atoms with Crippen LogP contribution in [0.1, 0.15) is 24.1 Å². The van der Waals surface area contributed by atoms with Crippen LogP contribution in [0.3, 0.4) is 0 Å². The topological polar surface area (TPSA) is 38.3 Å². The molecule has 2 atom stereocenters. The van der Waals surface area contributed by atoms with Gasteiger partial charge in [-0.2, -0.15) is 0 Å². The zero-order valence-electron chi connectivity index (χ0n) is 12.3. The maximum absolute atomic E-state index is 13.3. The minimum atomic E-state index is -0.942. The molecular weight excluding hydrogens is 324 g/mol. The van der Waals surface area contributed by atoms with Crippen LogP contribution in [-0.4, -0.2) is 12.0 Å². The van der Waals surface area contributed by atoms with E-state index in [4.69, 9.17) is 16.3 Å². The van der Waals surface area contributed by atoms with Gasteiger partial charge in [0, 0.05) is 11.4 Å². The van der Waals surface area contributed by atoms with Crippen molar-refractivity contribution >= 4 is 17.5 Å². The number of amides is 1. The summed E-state index contributed by atoms with van der Waals surface area (Å²) in [7, 11) is 0. The van der Waals surface area contributed by atoms with Crippen LogP contribution >= 0.6 is 11.6 Å². The molecule has 120 valence electrons. The molecule has 1 aliphatic heterocycles. The third-order valence-corrected chi connectivity index (χ3v) is 4.03. The van der Waals surface area contributed by atoms with E-state index < -0.39 is 23.8 Å². The van der Waals surface area contributed by atoms with E-state index in [1.807, 2.05) is 0 Å². The molecule has 3 nitrogen and oxygen atoms in total. The van der Waals surface area contributed by atoms with Crippen molar-refractivity contribution in [3.8, 4) is 5.75 Å². The molecule has 6 heteroatoms. The van der Waals surface area contributed by atoms with Crippen molar-refractivity contribution < 1.29 is 18.3 Å². The molecule has 0 spiro atoms. The van der Waals surface area contributed by atoms with Gasteiger partial charge in [0.1, 0.15) is 5.75 Å². The predicted molar refractivity (Wildman–Crippen MR) is 82.5 cm³/mol. The maximum atomic E-state index is 13.3. The smallest absolute Gasteiger partial charge is 0.261 e. The Labute approximate surface area is 137 Å². The number of hydrogen-bond donors (Lipinski definition) is 1. The predicted octanol–water partition coefficient (Wildman–Crippen LogP) is 3.80. The fourth-order valence-corrected chi connectivity index (χ4v) is 2.73. The summed E-state index contributed by atoms with van der Waals surface area (Å²) >= 11 is 5.92. The highest BCUT2D eigenvalue weighted by molar-refractivity contribution is 6.30. The first-order chi connectivity index (χ1) is 10.9. The summed E-state index contributed by atoms with van der Waals surface area (Å²) in [5.41, 5.74) is 1.36. The van der Waals surface area contributed by atoms with Crippen LogP contribution in [0.15, 0.2) is 36.4 Å². The number of hydrogen-bond acceptors (Lipinski definition) is 2. The number of carbonyl (C=O) groups excluding carboxylic acids is 1. The molecule has 2 aromatic rings. The minimum Gasteiger partial charge on any atom is -0.480 e. The standard InChI is InChI=1S/C17H14ClF2NO2/c1-9(10-2-4-13(19)14(20)7-10)21-17(22)16-8-11-6-12(18)3-5-15(11)23-16/h2-7,9,16H,8H2,1H3,(H,21,22)/t9-,16-/m0/s1. The SMILES string of the molecule is C[C@H](NC(=O)[C@@H]1Cc2cc(Cl)ccc2O1)c1ccc(F)c(F)c1. The van der Waals surface area contributed by atoms with E-state index in [0.29, 0.717) is 22.8 Å². The second-order valence-electron chi connectivity index (χ2n) is 5.47. The Balaban J connectivity index is 1.67. The van der Waals surface area contributed by atoms with E-state index in [0.717, 1.165) is 17.7 Å². The van der Waals surface area contributed by atoms with E-state index in [-0.39, 0.29) is 5.91 Å². The van der Waals surface area contributed by atoms with Gasteiger partial charge in [0.15, 0.2) is 17.7 Å². The van der Waals surface area contributed by atoms with E-state index in [2.05, 4.69) is 5.32 Å². The Bertz CT molecular complexity index is 766. The van der Waals surface area contributed by atoms with Crippen LogP contribution in [0.2, 0.25) is 5.02 Å². The highest BCUT2D eigenvalue weighted by Crippen LogP contribution is 2.31. The normalized spacial score (nSPS) is 17.3. The first-order valence-corrected chi connectivity index (χ1v) is 7.52. The van der Waals surface area contributed by atoms with Crippen LogP contribution in [0.5, 0.6) is 5.75 Å². The van der Waals surface area contributed by atoms with Crippen LogP contribution in [0, 0.1) is 11.6 Å². The highest BCUT2D eigenvalue weighted by atomic mass is 35.5. The average Bonchev–Trinajstić information content (AvgIpc) is 2.93. The second-order valence-corrected chi connectivity index (χ2v) is 5.90. The Kier molecular flexibility index (Phi) is 4.22. The summed E-state index contributed by atoms with van der Waals surface area (Å²) in [5, 5.41) is 3.33. The molecule has 0 saturated heterocycles. The van der Waals surface area contributed by atoms with Gasteiger partial charge < -0.3 is 10.1 Å². The Morgan fingerprint density at radius 1 is 1.26 bits per heavy atom. The second kappa shape index (κ2) is 6.16. The number of halogens is 3.